The van der Waals surface area contributed by atoms with Crippen LogP contribution in [0.2, 0.25) is 0 Å². The second kappa shape index (κ2) is 2.52. The Bertz CT molecular complexity index is 153. The molecule has 0 radical (unpaired) electrons. The van der Waals surface area contributed by atoms with Crippen molar-refractivity contribution in [3.63, 3.8) is 0 Å². The molecule has 1 heterocycles. The maximum absolute atomic E-state index is 3.85. The summed E-state index contributed by atoms with van der Waals surface area (Å²) in [4.78, 5) is 7.63. The molecule has 3 nitrogen and oxygen atoms in total. The lowest BCUT2D eigenvalue weighted by Gasteiger charge is -1.90. The molecule has 0 fully saturated rings. The van der Waals surface area contributed by atoms with Gasteiger partial charge >= 0.3 is 0 Å². The molecule has 1 aromatic rings. The number of rotatable bonds is 1. The molecule has 1 aromatic heterocycles. The van der Waals surface area contributed by atoms with Gasteiger partial charge in [-0.05, 0) is 0 Å². The zero-order valence-corrected chi connectivity index (χ0v) is 4.97. The number of thiol groups is 1. The molecule has 0 bridgehead atoms. The summed E-state index contributed by atoms with van der Waals surface area (Å²) < 4.78 is 2.55. The number of nitrogens with one attached hydrogen (secondary N) is 1. The van der Waals surface area contributed by atoms with Gasteiger partial charge in [0, 0.05) is 12.4 Å². The summed E-state index contributed by atoms with van der Waals surface area (Å²) in [6.07, 6.45) is 4.79. The summed E-state index contributed by atoms with van der Waals surface area (Å²) in [5.41, 5.74) is 0. The lowest BCUT2D eigenvalue weighted by atomic mass is 10.7. The second-order valence-corrected chi connectivity index (χ2v) is 1.43. The molecule has 0 aliphatic heterocycles. The zero-order chi connectivity index (χ0) is 5.82. The third-order valence-corrected chi connectivity index (χ3v) is 0.907. The van der Waals surface area contributed by atoms with Crippen molar-refractivity contribution < 1.29 is 0 Å². The summed E-state index contributed by atoms with van der Waals surface area (Å²) >= 11 is 3.76. The Kier molecular flexibility index (Phi) is 1.69. The van der Waals surface area contributed by atoms with Crippen LogP contribution in [0.25, 0.3) is 0 Å². The number of hydrogen-bond acceptors (Lipinski definition) is 4. The van der Waals surface area contributed by atoms with Gasteiger partial charge in [-0.2, -0.15) is 0 Å². The number of aromatic nitrogens is 2. The van der Waals surface area contributed by atoms with Crippen LogP contribution < -0.4 is 4.72 Å². The summed E-state index contributed by atoms with van der Waals surface area (Å²) in [6.45, 7) is 0. The first-order valence-electron chi connectivity index (χ1n) is 2.09. The fraction of sp³-hybridized carbons (Fsp3) is 0. The van der Waals surface area contributed by atoms with E-state index in [9.17, 15) is 0 Å². The first kappa shape index (κ1) is 5.37. The van der Waals surface area contributed by atoms with Gasteiger partial charge in [0.25, 0.3) is 0 Å². The molecule has 0 aromatic carbocycles. The zero-order valence-electron chi connectivity index (χ0n) is 4.07. The van der Waals surface area contributed by atoms with Crippen LogP contribution in [0.5, 0.6) is 0 Å². The minimum atomic E-state index is 0.663. The van der Waals surface area contributed by atoms with Crippen LogP contribution in [-0.2, 0) is 0 Å². The SMILES string of the molecule is SNc1cnccn1. The summed E-state index contributed by atoms with van der Waals surface area (Å²) in [5, 5.41) is 0. The Hall–Kier alpha value is -0.770. The van der Waals surface area contributed by atoms with Crippen LogP contribution in [0.1, 0.15) is 0 Å². The van der Waals surface area contributed by atoms with Crippen LogP contribution in [-0.4, -0.2) is 9.97 Å². The van der Waals surface area contributed by atoms with E-state index in [1.54, 1.807) is 18.6 Å². The van der Waals surface area contributed by atoms with E-state index in [1.165, 1.54) is 0 Å². The molecule has 0 spiro atoms. The summed E-state index contributed by atoms with van der Waals surface area (Å²) in [6, 6.07) is 0. The van der Waals surface area contributed by atoms with Crippen molar-refractivity contribution in [3.05, 3.63) is 18.6 Å². The highest BCUT2D eigenvalue weighted by atomic mass is 32.1. The Balaban J connectivity index is 2.83. The van der Waals surface area contributed by atoms with Gasteiger partial charge in [0.05, 0.1) is 6.20 Å². The third kappa shape index (κ3) is 1.10. The topological polar surface area (TPSA) is 37.8 Å². The minimum Gasteiger partial charge on any atom is -0.316 e. The van der Waals surface area contributed by atoms with Gasteiger partial charge < -0.3 is 4.72 Å². The molecule has 0 saturated carbocycles. The largest absolute Gasteiger partial charge is 0.316 e. The van der Waals surface area contributed by atoms with Gasteiger partial charge in [-0.25, -0.2) is 4.98 Å². The minimum absolute atomic E-state index is 0.663. The van der Waals surface area contributed by atoms with Crippen molar-refractivity contribution in [1.29, 1.82) is 0 Å². The first-order valence-corrected chi connectivity index (χ1v) is 2.54. The van der Waals surface area contributed by atoms with Crippen LogP contribution in [0.15, 0.2) is 18.6 Å². The Morgan fingerprint density at radius 1 is 1.50 bits per heavy atom. The molecule has 0 aliphatic rings. The maximum atomic E-state index is 3.85. The molecule has 1 rings (SSSR count). The molecule has 8 heavy (non-hydrogen) atoms. The van der Waals surface area contributed by atoms with E-state index in [1.807, 2.05) is 0 Å². The van der Waals surface area contributed by atoms with E-state index in [0.29, 0.717) is 5.82 Å². The molecular formula is C4H5N3S. The molecule has 4 heteroatoms. The van der Waals surface area contributed by atoms with Crippen LogP contribution in [0, 0.1) is 0 Å². The fourth-order valence-electron chi connectivity index (χ4n) is 0.357. The van der Waals surface area contributed by atoms with Crippen molar-refractivity contribution in [3.8, 4) is 0 Å². The van der Waals surface area contributed by atoms with E-state index in [0.717, 1.165) is 0 Å². The van der Waals surface area contributed by atoms with Crippen LogP contribution in [0.4, 0.5) is 5.82 Å². The predicted molar refractivity (Wildman–Crippen MR) is 34.6 cm³/mol. The van der Waals surface area contributed by atoms with E-state index in [4.69, 9.17) is 0 Å². The Morgan fingerprint density at radius 3 is 2.75 bits per heavy atom. The average Bonchev–Trinajstić information content (AvgIpc) is 1.90. The second-order valence-electron chi connectivity index (χ2n) is 1.20. The third-order valence-electron chi connectivity index (χ3n) is 0.678. The highest BCUT2D eigenvalue weighted by molar-refractivity contribution is 7.81. The Labute approximate surface area is 52.7 Å². The lowest BCUT2D eigenvalue weighted by molar-refractivity contribution is 1.21. The normalized spacial score (nSPS) is 8.62. The van der Waals surface area contributed by atoms with Crippen molar-refractivity contribution in [2.45, 2.75) is 0 Å². The van der Waals surface area contributed by atoms with Gasteiger partial charge in [-0.1, -0.05) is 12.8 Å². The Morgan fingerprint density at radius 2 is 2.38 bits per heavy atom. The predicted octanol–water partition coefficient (Wildman–Crippen LogP) is 0.733. The van der Waals surface area contributed by atoms with E-state index < -0.39 is 0 Å². The first-order chi connectivity index (χ1) is 3.93. The standard InChI is InChI=1S/C4H5N3S/c8-7-4-3-5-1-2-6-4/h1-3,8H,(H,6,7). The smallest absolute Gasteiger partial charge is 0.154 e. The monoisotopic (exact) mass is 127 g/mol. The van der Waals surface area contributed by atoms with Gasteiger partial charge in [0.2, 0.25) is 0 Å². The summed E-state index contributed by atoms with van der Waals surface area (Å²) in [5.74, 6) is 0.663. The number of anilines is 1. The quantitative estimate of drug-likeness (QED) is 0.546. The van der Waals surface area contributed by atoms with Crippen molar-refractivity contribution >= 4 is 18.6 Å². The average molecular weight is 127 g/mol. The molecule has 0 atom stereocenters. The molecule has 0 unspecified atom stereocenters. The molecular weight excluding hydrogens is 122 g/mol. The van der Waals surface area contributed by atoms with Crippen LogP contribution in [0.3, 0.4) is 0 Å². The lowest BCUT2D eigenvalue weighted by Crippen LogP contribution is -1.84. The van der Waals surface area contributed by atoms with Crippen molar-refractivity contribution in [2.75, 3.05) is 4.72 Å². The van der Waals surface area contributed by atoms with E-state index in [-0.39, 0.29) is 0 Å². The summed E-state index contributed by atoms with van der Waals surface area (Å²) in [7, 11) is 0. The van der Waals surface area contributed by atoms with E-state index in [2.05, 4.69) is 27.5 Å². The maximum Gasteiger partial charge on any atom is 0.154 e. The molecule has 0 aliphatic carbocycles. The highest BCUT2D eigenvalue weighted by Crippen LogP contribution is 1.95. The number of nitrogens with zero attached hydrogens (tertiary/aromatic N) is 2. The molecule has 1 N–H and O–H groups in total. The van der Waals surface area contributed by atoms with Gasteiger partial charge in [-0.15, -0.1) is 0 Å². The van der Waals surface area contributed by atoms with Gasteiger partial charge in [0.1, 0.15) is 0 Å². The molecule has 0 saturated heterocycles. The fourth-order valence-corrected chi connectivity index (χ4v) is 0.472. The van der Waals surface area contributed by atoms with Gasteiger partial charge in [-0.3, -0.25) is 4.98 Å². The van der Waals surface area contributed by atoms with Crippen LogP contribution >= 0.6 is 12.8 Å². The van der Waals surface area contributed by atoms with E-state index >= 15 is 0 Å². The van der Waals surface area contributed by atoms with Crippen molar-refractivity contribution in [1.82, 2.24) is 9.97 Å². The number of hydrogen-bond donors (Lipinski definition) is 2. The molecule has 0 amide bonds. The van der Waals surface area contributed by atoms with Gasteiger partial charge in [0.15, 0.2) is 5.82 Å². The highest BCUT2D eigenvalue weighted by Gasteiger charge is 1.81. The van der Waals surface area contributed by atoms with Crippen molar-refractivity contribution in [2.24, 2.45) is 0 Å². The molecule has 42 valence electrons.